The molecular formula is C13H13N3O4. The number of aromatic amines is 1. The van der Waals surface area contributed by atoms with E-state index in [9.17, 15) is 4.79 Å². The van der Waals surface area contributed by atoms with E-state index in [4.69, 9.17) is 14.2 Å². The average molecular weight is 275 g/mol. The minimum atomic E-state index is -0.524. The van der Waals surface area contributed by atoms with Crippen LogP contribution in [0, 0.1) is 0 Å². The van der Waals surface area contributed by atoms with Crippen LogP contribution in [-0.4, -0.2) is 41.0 Å². The summed E-state index contributed by atoms with van der Waals surface area (Å²) in [7, 11) is 0. The third-order valence-electron chi connectivity index (χ3n) is 2.75. The zero-order valence-corrected chi connectivity index (χ0v) is 10.9. The van der Waals surface area contributed by atoms with E-state index in [0.29, 0.717) is 37.1 Å². The van der Waals surface area contributed by atoms with Crippen molar-refractivity contribution in [1.82, 2.24) is 15.2 Å². The second kappa shape index (κ2) is 5.20. The summed E-state index contributed by atoms with van der Waals surface area (Å²) in [5.74, 6) is 1.31. The molecule has 0 fully saturated rings. The smallest absolute Gasteiger partial charge is 0.375 e. The normalized spacial score (nSPS) is 13.1. The predicted octanol–water partition coefficient (Wildman–Crippen LogP) is 1.42. The van der Waals surface area contributed by atoms with E-state index in [1.807, 2.05) is 6.07 Å². The summed E-state index contributed by atoms with van der Waals surface area (Å²) in [6, 6.07) is 5.39. The molecule has 0 amide bonds. The summed E-state index contributed by atoms with van der Waals surface area (Å²) < 4.78 is 15.8. The van der Waals surface area contributed by atoms with Crippen LogP contribution in [0.2, 0.25) is 0 Å². The molecule has 2 heterocycles. The van der Waals surface area contributed by atoms with Crippen LogP contribution in [0.3, 0.4) is 0 Å². The topological polar surface area (TPSA) is 86.3 Å². The predicted molar refractivity (Wildman–Crippen MR) is 68.8 cm³/mol. The number of esters is 1. The number of rotatable bonds is 3. The Morgan fingerprint density at radius 2 is 2.15 bits per heavy atom. The first kappa shape index (κ1) is 12.5. The first-order chi connectivity index (χ1) is 9.78. The van der Waals surface area contributed by atoms with Gasteiger partial charge in [-0.05, 0) is 25.1 Å². The fourth-order valence-corrected chi connectivity index (χ4v) is 1.86. The Kier molecular flexibility index (Phi) is 3.24. The Balaban J connectivity index is 1.87. The molecular weight excluding hydrogens is 262 g/mol. The first-order valence-corrected chi connectivity index (χ1v) is 6.27. The van der Waals surface area contributed by atoms with Gasteiger partial charge in [0.2, 0.25) is 5.82 Å². The lowest BCUT2D eigenvalue weighted by atomic mass is 10.2. The molecule has 0 spiro atoms. The molecule has 1 aromatic heterocycles. The molecule has 0 radical (unpaired) electrons. The molecule has 0 atom stereocenters. The standard InChI is InChI=1S/C13H13N3O4/c1-2-18-13(17)12-14-11(15-16-12)8-3-4-9-10(7-8)20-6-5-19-9/h3-4,7H,2,5-6H2,1H3,(H,14,15,16). The highest BCUT2D eigenvalue weighted by Gasteiger charge is 2.17. The van der Waals surface area contributed by atoms with Gasteiger partial charge in [-0.2, -0.15) is 5.10 Å². The van der Waals surface area contributed by atoms with Gasteiger partial charge in [-0.1, -0.05) is 0 Å². The number of nitrogens with one attached hydrogen (secondary N) is 1. The minimum Gasteiger partial charge on any atom is -0.486 e. The number of ether oxygens (including phenoxy) is 3. The molecule has 20 heavy (non-hydrogen) atoms. The number of hydrogen-bond donors (Lipinski definition) is 1. The van der Waals surface area contributed by atoms with Crippen molar-refractivity contribution in [2.45, 2.75) is 6.92 Å². The number of fused-ring (bicyclic) bond motifs is 1. The zero-order chi connectivity index (χ0) is 13.9. The molecule has 2 aromatic rings. The molecule has 1 aromatic carbocycles. The maximum atomic E-state index is 11.5. The average Bonchev–Trinajstić information content (AvgIpc) is 2.97. The molecule has 0 unspecified atom stereocenters. The summed E-state index contributed by atoms with van der Waals surface area (Å²) in [4.78, 5) is 15.6. The third kappa shape index (κ3) is 2.29. The second-order valence-electron chi connectivity index (χ2n) is 4.09. The summed E-state index contributed by atoms with van der Waals surface area (Å²) in [5.41, 5.74) is 0.737. The van der Waals surface area contributed by atoms with Crippen LogP contribution in [0.15, 0.2) is 18.2 Å². The summed E-state index contributed by atoms with van der Waals surface area (Å²) >= 11 is 0. The molecule has 0 saturated carbocycles. The molecule has 0 bridgehead atoms. The maximum Gasteiger partial charge on any atom is 0.375 e. The summed E-state index contributed by atoms with van der Waals surface area (Å²) in [5, 5.41) is 6.57. The number of aromatic nitrogens is 3. The van der Waals surface area contributed by atoms with E-state index in [1.165, 1.54) is 0 Å². The lowest BCUT2D eigenvalue weighted by Crippen LogP contribution is -2.15. The van der Waals surface area contributed by atoms with Gasteiger partial charge in [0.15, 0.2) is 17.3 Å². The fraction of sp³-hybridized carbons (Fsp3) is 0.308. The van der Waals surface area contributed by atoms with Gasteiger partial charge in [0.1, 0.15) is 13.2 Å². The number of nitrogens with zero attached hydrogens (tertiary/aromatic N) is 2. The lowest BCUT2D eigenvalue weighted by molar-refractivity contribution is 0.0512. The van der Waals surface area contributed by atoms with E-state index in [-0.39, 0.29) is 5.82 Å². The molecule has 1 aliphatic rings. The highest BCUT2D eigenvalue weighted by atomic mass is 16.6. The van der Waals surface area contributed by atoms with Crippen molar-refractivity contribution in [3.05, 3.63) is 24.0 Å². The largest absolute Gasteiger partial charge is 0.486 e. The van der Waals surface area contributed by atoms with Gasteiger partial charge in [-0.15, -0.1) is 0 Å². The maximum absolute atomic E-state index is 11.5. The van der Waals surface area contributed by atoms with Gasteiger partial charge in [0.05, 0.1) is 6.61 Å². The van der Waals surface area contributed by atoms with Crippen molar-refractivity contribution in [2.75, 3.05) is 19.8 Å². The van der Waals surface area contributed by atoms with Crippen LogP contribution in [0.4, 0.5) is 0 Å². The van der Waals surface area contributed by atoms with Crippen LogP contribution in [0.5, 0.6) is 11.5 Å². The number of H-pyrrole nitrogens is 1. The summed E-state index contributed by atoms with van der Waals surface area (Å²) in [6.07, 6.45) is 0. The first-order valence-electron chi connectivity index (χ1n) is 6.27. The SMILES string of the molecule is CCOC(=O)c1nc(-c2ccc3c(c2)OCCO3)n[nH]1. The number of benzene rings is 1. The van der Waals surface area contributed by atoms with Crippen molar-refractivity contribution in [2.24, 2.45) is 0 Å². The van der Waals surface area contributed by atoms with Gasteiger partial charge < -0.3 is 14.2 Å². The van der Waals surface area contributed by atoms with E-state index in [2.05, 4.69) is 15.2 Å². The van der Waals surface area contributed by atoms with E-state index in [1.54, 1.807) is 19.1 Å². The number of carbonyl (C=O) groups is 1. The third-order valence-corrected chi connectivity index (χ3v) is 2.75. The molecule has 104 valence electrons. The Morgan fingerprint density at radius 1 is 1.35 bits per heavy atom. The van der Waals surface area contributed by atoms with Crippen LogP contribution in [0.1, 0.15) is 17.5 Å². The molecule has 7 nitrogen and oxygen atoms in total. The minimum absolute atomic E-state index is 0.0803. The second-order valence-corrected chi connectivity index (χ2v) is 4.09. The van der Waals surface area contributed by atoms with Crippen molar-refractivity contribution in [1.29, 1.82) is 0 Å². The van der Waals surface area contributed by atoms with Crippen molar-refractivity contribution in [3.8, 4) is 22.9 Å². The highest BCUT2D eigenvalue weighted by Crippen LogP contribution is 2.33. The molecule has 0 saturated heterocycles. The highest BCUT2D eigenvalue weighted by molar-refractivity contribution is 5.85. The lowest BCUT2D eigenvalue weighted by Gasteiger charge is -2.18. The molecule has 1 aliphatic heterocycles. The van der Waals surface area contributed by atoms with Crippen LogP contribution in [-0.2, 0) is 4.74 Å². The summed E-state index contributed by atoms with van der Waals surface area (Å²) in [6.45, 7) is 3.08. The van der Waals surface area contributed by atoms with Gasteiger partial charge in [-0.3, -0.25) is 5.10 Å². The van der Waals surface area contributed by atoms with Crippen molar-refractivity contribution in [3.63, 3.8) is 0 Å². The van der Waals surface area contributed by atoms with Crippen molar-refractivity contribution >= 4 is 5.97 Å². The molecule has 3 rings (SSSR count). The Bertz CT molecular complexity index is 638. The van der Waals surface area contributed by atoms with E-state index in [0.717, 1.165) is 5.56 Å². The Morgan fingerprint density at radius 3 is 2.95 bits per heavy atom. The fourth-order valence-electron chi connectivity index (χ4n) is 1.86. The molecule has 1 N–H and O–H groups in total. The van der Waals surface area contributed by atoms with Crippen LogP contribution >= 0.6 is 0 Å². The quantitative estimate of drug-likeness (QED) is 0.852. The molecule has 0 aliphatic carbocycles. The van der Waals surface area contributed by atoms with Gasteiger partial charge >= 0.3 is 5.97 Å². The Labute approximate surface area is 114 Å². The van der Waals surface area contributed by atoms with E-state index >= 15 is 0 Å². The molecule has 7 heteroatoms. The van der Waals surface area contributed by atoms with Gasteiger partial charge in [-0.25, -0.2) is 9.78 Å². The zero-order valence-electron chi connectivity index (χ0n) is 10.9. The number of hydrogen-bond acceptors (Lipinski definition) is 6. The van der Waals surface area contributed by atoms with Gasteiger partial charge in [0.25, 0.3) is 0 Å². The van der Waals surface area contributed by atoms with Crippen molar-refractivity contribution < 1.29 is 19.0 Å². The van der Waals surface area contributed by atoms with Crippen LogP contribution in [0.25, 0.3) is 11.4 Å². The van der Waals surface area contributed by atoms with Gasteiger partial charge in [0, 0.05) is 5.56 Å². The van der Waals surface area contributed by atoms with Crippen LogP contribution < -0.4 is 9.47 Å². The monoisotopic (exact) mass is 275 g/mol. The van der Waals surface area contributed by atoms with E-state index < -0.39 is 5.97 Å². The Hall–Kier alpha value is -2.57. The number of carbonyl (C=O) groups excluding carboxylic acids is 1.